The quantitative estimate of drug-likeness (QED) is 0.835. The zero-order chi connectivity index (χ0) is 14.7. The van der Waals surface area contributed by atoms with Gasteiger partial charge < -0.3 is 10.2 Å². The Kier molecular flexibility index (Phi) is 4.70. The van der Waals surface area contributed by atoms with Crippen molar-refractivity contribution in [2.75, 3.05) is 31.6 Å². The van der Waals surface area contributed by atoms with Crippen molar-refractivity contribution in [2.24, 2.45) is 0 Å². The largest absolute Gasteiger partial charge is 0.354 e. The number of likely N-dealkylation sites (N-methyl/N-ethyl adjacent to an activating group) is 1. The summed E-state index contributed by atoms with van der Waals surface area (Å²) in [5.41, 5.74) is 1.03. The molecule has 2 bridgehead atoms. The molecule has 3 rings (SSSR count). The first-order valence-corrected chi connectivity index (χ1v) is 8.28. The van der Waals surface area contributed by atoms with Crippen LogP contribution < -0.4 is 10.2 Å². The lowest BCUT2D eigenvalue weighted by molar-refractivity contribution is 0.254. The molecule has 1 N–H and O–H groups in total. The van der Waals surface area contributed by atoms with Crippen LogP contribution >= 0.6 is 0 Å². The maximum atomic E-state index is 4.45. The molecular weight excluding hydrogens is 262 g/mol. The number of rotatable bonds is 5. The first-order valence-electron chi connectivity index (χ1n) is 8.28. The highest BCUT2D eigenvalue weighted by atomic mass is 15.3. The minimum atomic E-state index is 0.685. The smallest absolute Gasteiger partial charge is 0.151 e. The van der Waals surface area contributed by atoms with Crippen LogP contribution in [-0.4, -0.2) is 53.9 Å². The van der Waals surface area contributed by atoms with E-state index in [0.717, 1.165) is 50.2 Å². The van der Waals surface area contributed by atoms with Crippen molar-refractivity contribution in [2.45, 2.75) is 51.2 Å². The van der Waals surface area contributed by atoms with Gasteiger partial charge in [-0.3, -0.25) is 4.90 Å². The monoisotopic (exact) mass is 289 g/mol. The average Bonchev–Trinajstić information content (AvgIpc) is 2.74. The van der Waals surface area contributed by atoms with Crippen LogP contribution in [0.15, 0.2) is 12.1 Å². The lowest BCUT2D eigenvalue weighted by Gasteiger charge is -2.26. The molecule has 0 aliphatic carbocycles. The molecule has 1 aromatic rings. The van der Waals surface area contributed by atoms with E-state index in [1.54, 1.807) is 0 Å². The van der Waals surface area contributed by atoms with Gasteiger partial charge in [-0.25, -0.2) is 0 Å². The van der Waals surface area contributed by atoms with E-state index in [2.05, 4.69) is 51.4 Å². The zero-order valence-electron chi connectivity index (χ0n) is 13.3. The Morgan fingerprint density at radius 1 is 1.19 bits per heavy atom. The summed E-state index contributed by atoms with van der Waals surface area (Å²) in [5, 5.41) is 12.2. The highest BCUT2D eigenvalue weighted by molar-refractivity contribution is 5.38. The normalized spacial score (nSPS) is 26.1. The second-order valence-corrected chi connectivity index (χ2v) is 6.34. The van der Waals surface area contributed by atoms with E-state index in [1.165, 1.54) is 19.3 Å². The van der Waals surface area contributed by atoms with E-state index < -0.39 is 0 Å². The SMILES string of the molecule is CCCNCc1ccc(N2CCC3CCC(C2)N3C)nn1. The third-order valence-corrected chi connectivity index (χ3v) is 4.91. The minimum Gasteiger partial charge on any atom is -0.354 e. The van der Waals surface area contributed by atoms with Crippen LogP contribution in [0.1, 0.15) is 38.3 Å². The first kappa shape index (κ1) is 14.7. The highest BCUT2D eigenvalue weighted by Gasteiger charge is 2.34. The van der Waals surface area contributed by atoms with Crippen LogP contribution in [0, 0.1) is 0 Å². The Labute approximate surface area is 127 Å². The Morgan fingerprint density at radius 2 is 2.05 bits per heavy atom. The van der Waals surface area contributed by atoms with Gasteiger partial charge in [0.05, 0.1) is 5.69 Å². The summed E-state index contributed by atoms with van der Waals surface area (Å²) >= 11 is 0. The summed E-state index contributed by atoms with van der Waals surface area (Å²) in [6.45, 7) is 6.22. The van der Waals surface area contributed by atoms with Gasteiger partial charge in [0.2, 0.25) is 0 Å². The molecule has 2 saturated heterocycles. The molecule has 0 saturated carbocycles. The number of anilines is 1. The topological polar surface area (TPSA) is 44.3 Å². The Morgan fingerprint density at radius 3 is 2.81 bits per heavy atom. The van der Waals surface area contributed by atoms with E-state index in [0.29, 0.717) is 6.04 Å². The number of hydrogen-bond donors (Lipinski definition) is 1. The molecule has 116 valence electrons. The first-order chi connectivity index (χ1) is 10.3. The fraction of sp³-hybridized carbons (Fsp3) is 0.750. The maximum Gasteiger partial charge on any atom is 0.151 e. The highest BCUT2D eigenvalue weighted by Crippen LogP contribution is 2.29. The summed E-state index contributed by atoms with van der Waals surface area (Å²) < 4.78 is 0. The fourth-order valence-electron chi connectivity index (χ4n) is 3.53. The summed E-state index contributed by atoms with van der Waals surface area (Å²) in [4.78, 5) is 4.98. The molecule has 0 aromatic carbocycles. The van der Waals surface area contributed by atoms with Gasteiger partial charge >= 0.3 is 0 Å². The average molecular weight is 289 g/mol. The Hall–Kier alpha value is -1.20. The molecule has 2 aliphatic heterocycles. The number of hydrogen-bond acceptors (Lipinski definition) is 5. The molecule has 2 atom stereocenters. The predicted octanol–water partition coefficient (Wildman–Crippen LogP) is 1.65. The molecule has 5 nitrogen and oxygen atoms in total. The maximum absolute atomic E-state index is 4.45. The van der Waals surface area contributed by atoms with Crippen LogP contribution in [0.5, 0.6) is 0 Å². The van der Waals surface area contributed by atoms with Gasteiger partial charge in [-0.1, -0.05) is 6.92 Å². The van der Waals surface area contributed by atoms with Gasteiger partial charge in [0.15, 0.2) is 5.82 Å². The summed E-state index contributed by atoms with van der Waals surface area (Å²) in [5.74, 6) is 1.04. The molecule has 1 aromatic heterocycles. The number of fused-ring (bicyclic) bond motifs is 2. The number of nitrogens with zero attached hydrogens (tertiary/aromatic N) is 4. The van der Waals surface area contributed by atoms with Crippen molar-refractivity contribution >= 4 is 5.82 Å². The molecule has 0 spiro atoms. The third kappa shape index (κ3) is 3.35. The lowest BCUT2D eigenvalue weighted by atomic mass is 10.1. The van der Waals surface area contributed by atoms with Crippen molar-refractivity contribution in [3.8, 4) is 0 Å². The van der Waals surface area contributed by atoms with Crippen molar-refractivity contribution in [1.29, 1.82) is 0 Å². The van der Waals surface area contributed by atoms with Crippen LogP contribution in [0.3, 0.4) is 0 Å². The van der Waals surface area contributed by atoms with Gasteiger partial charge in [0, 0.05) is 31.7 Å². The van der Waals surface area contributed by atoms with E-state index in [-0.39, 0.29) is 0 Å². The van der Waals surface area contributed by atoms with Crippen molar-refractivity contribution in [3.63, 3.8) is 0 Å². The van der Waals surface area contributed by atoms with Gasteiger partial charge in [0.1, 0.15) is 0 Å². The Bertz CT molecular complexity index is 446. The van der Waals surface area contributed by atoms with Crippen LogP contribution in [0.4, 0.5) is 5.82 Å². The van der Waals surface area contributed by atoms with Gasteiger partial charge in [-0.15, -0.1) is 5.10 Å². The van der Waals surface area contributed by atoms with Crippen molar-refractivity contribution in [3.05, 3.63) is 17.8 Å². The fourth-order valence-corrected chi connectivity index (χ4v) is 3.53. The van der Waals surface area contributed by atoms with E-state index >= 15 is 0 Å². The van der Waals surface area contributed by atoms with Crippen molar-refractivity contribution in [1.82, 2.24) is 20.4 Å². The van der Waals surface area contributed by atoms with E-state index in [1.807, 2.05) is 0 Å². The van der Waals surface area contributed by atoms with Crippen LogP contribution in [0.2, 0.25) is 0 Å². The second kappa shape index (κ2) is 6.71. The molecular formula is C16H27N5. The van der Waals surface area contributed by atoms with Crippen molar-refractivity contribution < 1.29 is 0 Å². The summed E-state index contributed by atoms with van der Waals surface area (Å²) in [6.07, 6.45) is 5.08. The number of nitrogens with one attached hydrogen (secondary N) is 1. The van der Waals surface area contributed by atoms with E-state index in [9.17, 15) is 0 Å². The summed E-state index contributed by atoms with van der Waals surface area (Å²) in [6, 6.07) is 5.70. The molecule has 3 heterocycles. The lowest BCUT2D eigenvalue weighted by Crippen LogP contribution is -2.37. The Balaban J connectivity index is 1.61. The summed E-state index contributed by atoms with van der Waals surface area (Å²) in [7, 11) is 2.28. The third-order valence-electron chi connectivity index (χ3n) is 4.91. The molecule has 5 heteroatoms. The van der Waals surface area contributed by atoms with E-state index in [4.69, 9.17) is 0 Å². The molecule has 21 heavy (non-hydrogen) atoms. The molecule has 0 amide bonds. The van der Waals surface area contributed by atoms with Crippen LogP contribution in [0.25, 0.3) is 0 Å². The van der Waals surface area contributed by atoms with Gasteiger partial charge in [-0.05, 0) is 51.4 Å². The molecule has 2 unspecified atom stereocenters. The standard InChI is InChI=1S/C16H27N5/c1-3-9-17-11-13-4-7-16(19-18-13)21-10-8-14-5-6-15(12-21)20(14)2/h4,7,14-15,17H,3,5-6,8-12H2,1-2H3. The molecule has 2 fully saturated rings. The minimum absolute atomic E-state index is 0.685. The van der Waals surface area contributed by atoms with Crippen LogP contribution in [-0.2, 0) is 6.54 Å². The molecule has 0 radical (unpaired) electrons. The van der Waals surface area contributed by atoms with Gasteiger partial charge in [0.25, 0.3) is 0 Å². The molecule has 2 aliphatic rings. The second-order valence-electron chi connectivity index (χ2n) is 6.34. The predicted molar refractivity (Wildman–Crippen MR) is 85.4 cm³/mol. The van der Waals surface area contributed by atoms with Gasteiger partial charge in [-0.2, -0.15) is 5.10 Å². The zero-order valence-corrected chi connectivity index (χ0v) is 13.3. The number of aromatic nitrogens is 2.